The van der Waals surface area contributed by atoms with E-state index in [0.29, 0.717) is 86.7 Å². The van der Waals surface area contributed by atoms with Crippen LogP contribution in [0, 0.1) is 0 Å². The van der Waals surface area contributed by atoms with Gasteiger partial charge in [-0.25, -0.2) is 0 Å². The maximum absolute atomic E-state index is 12.9. The Bertz CT molecular complexity index is 1900. The number of benzene rings is 3. The minimum atomic E-state index is -0.654. The molecule has 1 aromatic heterocycles. The second kappa shape index (κ2) is 15.5. The molecule has 4 amide bonds. The fourth-order valence-corrected chi connectivity index (χ4v) is 5.93. The monoisotopic (exact) mass is 678 g/mol. The van der Waals surface area contributed by atoms with Crippen LogP contribution in [0.5, 0.6) is 17.2 Å². The number of nitrogen functional groups attached to an aromatic ring is 1. The summed E-state index contributed by atoms with van der Waals surface area (Å²) < 4.78 is 11.7. The molecule has 50 heavy (non-hydrogen) atoms. The Kier molecular flexibility index (Phi) is 10.5. The van der Waals surface area contributed by atoms with Crippen molar-refractivity contribution in [2.45, 2.75) is 57.7 Å². The van der Waals surface area contributed by atoms with Gasteiger partial charge < -0.3 is 30.5 Å². The maximum atomic E-state index is 12.9. The van der Waals surface area contributed by atoms with Crippen molar-refractivity contribution < 1.29 is 33.8 Å². The lowest BCUT2D eigenvalue weighted by atomic mass is 10.0. The van der Waals surface area contributed by atoms with E-state index in [1.54, 1.807) is 42.5 Å². The summed E-state index contributed by atoms with van der Waals surface area (Å²) in [4.78, 5) is 50.5. The number of para-hydroxylation sites is 1. The van der Waals surface area contributed by atoms with Crippen molar-refractivity contribution >= 4 is 29.4 Å². The molecule has 0 aliphatic carbocycles. The standard InChI is InChI=1S/C37H38N6O7/c38-35-32(20-29(41-42-35)28-5-1-2-6-31(28)44)50-18-16-23-8-10-24(11-9-23)21-39-33(45)7-3-4-17-49-26-12-13-27-25(19-26)22-43(37(27)48)30-14-15-34(46)40-36(30)47/h1-2,5-6,8-13,19-20,30,44H,3-4,7,14-18,21-22H2,(H2,38,42)(H,39,45)(H,40,46,47). The number of phenolic OH excluding ortho intramolecular Hbond substituents is 1. The summed E-state index contributed by atoms with van der Waals surface area (Å²) in [6.07, 6.45) is 2.87. The Balaban J connectivity index is 0.871. The third kappa shape index (κ3) is 8.17. The molecule has 0 saturated carbocycles. The molecule has 2 aliphatic rings. The zero-order valence-electron chi connectivity index (χ0n) is 27.4. The number of phenols is 1. The number of rotatable bonds is 14. The third-order valence-electron chi connectivity index (χ3n) is 8.69. The first-order chi connectivity index (χ1) is 24.2. The molecule has 1 saturated heterocycles. The first-order valence-electron chi connectivity index (χ1n) is 16.5. The van der Waals surface area contributed by atoms with Crippen LogP contribution in [0.2, 0.25) is 0 Å². The van der Waals surface area contributed by atoms with Crippen LogP contribution in [0.4, 0.5) is 5.82 Å². The lowest BCUT2D eigenvalue weighted by molar-refractivity contribution is -0.137. The molecule has 0 bridgehead atoms. The van der Waals surface area contributed by atoms with E-state index in [-0.39, 0.29) is 35.7 Å². The van der Waals surface area contributed by atoms with Crippen molar-refractivity contribution in [3.63, 3.8) is 0 Å². The van der Waals surface area contributed by atoms with E-state index in [0.717, 1.165) is 16.7 Å². The minimum Gasteiger partial charge on any atom is -0.507 e. The van der Waals surface area contributed by atoms with Gasteiger partial charge >= 0.3 is 0 Å². The molecule has 1 atom stereocenters. The number of unbranched alkanes of at least 4 members (excludes halogenated alkanes) is 1. The van der Waals surface area contributed by atoms with E-state index in [1.807, 2.05) is 30.3 Å². The van der Waals surface area contributed by atoms with Gasteiger partial charge in [-0.1, -0.05) is 36.4 Å². The van der Waals surface area contributed by atoms with Gasteiger partial charge in [-0.2, -0.15) is 0 Å². The predicted molar refractivity (Wildman–Crippen MR) is 183 cm³/mol. The highest BCUT2D eigenvalue weighted by atomic mass is 16.5. The zero-order valence-corrected chi connectivity index (χ0v) is 27.4. The third-order valence-corrected chi connectivity index (χ3v) is 8.69. The van der Waals surface area contributed by atoms with E-state index >= 15 is 0 Å². The second-order valence-electron chi connectivity index (χ2n) is 12.2. The van der Waals surface area contributed by atoms with Crippen molar-refractivity contribution in [3.05, 3.63) is 95.1 Å². The number of anilines is 1. The van der Waals surface area contributed by atoms with Crippen LogP contribution in [0.25, 0.3) is 11.3 Å². The number of hydrogen-bond donors (Lipinski definition) is 4. The van der Waals surface area contributed by atoms with E-state index in [9.17, 15) is 24.3 Å². The summed E-state index contributed by atoms with van der Waals surface area (Å²) in [7, 11) is 0. The molecule has 2 aliphatic heterocycles. The highest BCUT2D eigenvalue weighted by Crippen LogP contribution is 2.32. The van der Waals surface area contributed by atoms with E-state index < -0.39 is 11.9 Å². The number of aromatic nitrogens is 2. The fraction of sp³-hybridized carbons (Fsp3) is 0.297. The maximum Gasteiger partial charge on any atom is 0.255 e. The van der Waals surface area contributed by atoms with Gasteiger partial charge in [0, 0.05) is 49.5 Å². The number of amides is 4. The Hall–Kier alpha value is -5.98. The smallest absolute Gasteiger partial charge is 0.255 e. The summed E-state index contributed by atoms with van der Waals surface area (Å²) in [5.41, 5.74) is 10.3. The van der Waals surface area contributed by atoms with Crippen molar-refractivity contribution in [1.29, 1.82) is 0 Å². The number of imide groups is 1. The number of nitrogens with zero attached hydrogens (tertiary/aromatic N) is 3. The van der Waals surface area contributed by atoms with Gasteiger partial charge in [0.1, 0.15) is 23.2 Å². The highest BCUT2D eigenvalue weighted by Gasteiger charge is 2.39. The lowest BCUT2D eigenvalue weighted by Gasteiger charge is -2.29. The summed E-state index contributed by atoms with van der Waals surface area (Å²) in [5, 5.41) is 23.4. The van der Waals surface area contributed by atoms with Crippen LogP contribution in [-0.2, 0) is 33.9 Å². The van der Waals surface area contributed by atoms with Crippen LogP contribution in [-0.4, -0.2) is 63.1 Å². The Labute approximate surface area is 288 Å². The number of ether oxygens (including phenoxy) is 2. The molecule has 3 heterocycles. The lowest BCUT2D eigenvalue weighted by Crippen LogP contribution is -2.52. The SMILES string of the molecule is Nc1nnc(-c2ccccc2O)cc1OCCc1ccc(CNC(=O)CCCCOc2ccc3c(c2)CN(C2CCC(=O)NC2=O)C3=O)cc1. The molecule has 258 valence electrons. The molecule has 0 spiro atoms. The summed E-state index contributed by atoms with van der Waals surface area (Å²) in [6.45, 7) is 1.50. The number of carbonyl (C=O) groups is 4. The summed E-state index contributed by atoms with van der Waals surface area (Å²) >= 11 is 0. The van der Waals surface area contributed by atoms with Crippen LogP contribution in [0.3, 0.4) is 0 Å². The molecule has 0 radical (unpaired) electrons. The van der Waals surface area contributed by atoms with Gasteiger partial charge in [0.25, 0.3) is 5.91 Å². The normalized spacial score (nSPS) is 15.4. The fourth-order valence-electron chi connectivity index (χ4n) is 5.93. The zero-order chi connectivity index (χ0) is 35.0. The van der Waals surface area contributed by atoms with Crippen molar-refractivity contribution in [1.82, 2.24) is 25.7 Å². The quantitative estimate of drug-likeness (QED) is 0.113. The second-order valence-corrected chi connectivity index (χ2v) is 12.2. The molecular weight excluding hydrogens is 640 g/mol. The van der Waals surface area contributed by atoms with Crippen LogP contribution >= 0.6 is 0 Å². The van der Waals surface area contributed by atoms with E-state index in [2.05, 4.69) is 20.8 Å². The highest BCUT2D eigenvalue weighted by molar-refractivity contribution is 6.05. The Morgan fingerprint density at radius 2 is 1.74 bits per heavy atom. The van der Waals surface area contributed by atoms with Gasteiger partial charge in [0.15, 0.2) is 11.6 Å². The first kappa shape index (κ1) is 33.9. The van der Waals surface area contributed by atoms with Crippen LogP contribution in [0.1, 0.15) is 59.2 Å². The number of hydrogen-bond acceptors (Lipinski definition) is 10. The molecule has 1 unspecified atom stereocenters. The molecular formula is C37H38N6O7. The number of piperidine rings is 1. The van der Waals surface area contributed by atoms with Crippen LogP contribution in [0.15, 0.2) is 72.8 Å². The Morgan fingerprint density at radius 3 is 2.54 bits per heavy atom. The van der Waals surface area contributed by atoms with Gasteiger partial charge in [0.2, 0.25) is 17.7 Å². The number of aromatic hydroxyl groups is 1. The van der Waals surface area contributed by atoms with Crippen molar-refractivity contribution in [3.8, 4) is 28.5 Å². The molecule has 4 aromatic rings. The molecule has 3 aromatic carbocycles. The number of fused-ring (bicyclic) bond motifs is 1. The van der Waals surface area contributed by atoms with Gasteiger partial charge in [-0.15, -0.1) is 10.2 Å². The first-order valence-corrected chi connectivity index (χ1v) is 16.5. The summed E-state index contributed by atoms with van der Waals surface area (Å²) in [5.74, 6) is 0.260. The largest absolute Gasteiger partial charge is 0.507 e. The van der Waals surface area contributed by atoms with Crippen LogP contribution < -0.4 is 25.8 Å². The van der Waals surface area contributed by atoms with Gasteiger partial charge in [-0.3, -0.25) is 24.5 Å². The molecule has 6 rings (SSSR count). The van der Waals surface area contributed by atoms with E-state index in [1.165, 1.54) is 4.90 Å². The minimum absolute atomic E-state index is 0.0428. The van der Waals surface area contributed by atoms with Gasteiger partial charge in [0.05, 0.1) is 13.2 Å². The average Bonchev–Trinajstić information content (AvgIpc) is 3.43. The molecule has 13 heteroatoms. The molecule has 5 N–H and O–H groups in total. The molecule has 13 nitrogen and oxygen atoms in total. The summed E-state index contributed by atoms with van der Waals surface area (Å²) in [6, 6.07) is 21.0. The molecule has 1 fully saturated rings. The van der Waals surface area contributed by atoms with Crippen molar-refractivity contribution in [2.24, 2.45) is 0 Å². The Morgan fingerprint density at radius 1 is 0.940 bits per heavy atom. The number of nitrogens with one attached hydrogen (secondary N) is 2. The number of carbonyl (C=O) groups excluding carboxylic acids is 4. The van der Waals surface area contributed by atoms with Crippen molar-refractivity contribution in [2.75, 3.05) is 18.9 Å². The predicted octanol–water partition coefficient (Wildman–Crippen LogP) is 3.68. The topological polar surface area (TPSA) is 186 Å². The van der Waals surface area contributed by atoms with Gasteiger partial charge in [-0.05, 0) is 66.3 Å². The number of nitrogens with two attached hydrogens (primary N) is 1. The van der Waals surface area contributed by atoms with E-state index in [4.69, 9.17) is 15.2 Å². The average molecular weight is 679 g/mol.